The van der Waals surface area contributed by atoms with Crippen LogP contribution < -0.4 is 11.1 Å². The van der Waals surface area contributed by atoms with Crippen molar-refractivity contribution in [3.63, 3.8) is 0 Å². The number of anilines is 1. The van der Waals surface area contributed by atoms with Gasteiger partial charge in [-0.05, 0) is 24.6 Å². The van der Waals surface area contributed by atoms with E-state index in [1.54, 1.807) is 24.6 Å². The molecule has 0 radical (unpaired) electrons. The topological polar surface area (TPSA) is 85.8 Å². The minimum Gasteiger partial charge on any atom is -0.325 e. The van der Waals surface area contributed by atoms with Gasteiger partial charge >= 0.3 is 0 Å². The minimum absolute atomic E-state index is 0.159. The summed E-state index contributed by atoms with van der Waals surface area (Å²) < 4.78 is 14.9. The Kier molecular flexibility index (Phi) is 4.92. The van der Waals surface area contributed by atoms with Gasteiger partial charge in [-0.15, -0.1) is 10.2 Å². The average molecular weight is 309 g/mol. The minimum atomic E-state index is -0.385. The first kappa shape index (κ1) is 15.5. The molecule has 0 aliphatic rings. The van der Waals surface area contributed by atoms with Crippen LogP contribution in [0, 0.1) is 12.7 Å². The van der Waals surface area contributed by atoms with E-state index in [1.165, 1.54) is 23.9 Å². The van der Waals surface area contributed by atoms with Crippen molar-refractivity contribution in [2.24, 2.45) is 12.8 Å². The summed E-state index contributed by atoms with van der Waals surface area (Å²) >= 11 is 1.25. The van der Waals surface area contributed by atoms with E-state index in [-0.39, 0.29) is 17.5 Å². The van der Waals surface area contributed by atoms with Crippen LogP contribution in [-0.2, 0) is 18.4 Å². The lowest BCUT2D eigenvalue weighted by molar-refractivity contribution is -0.113. The van der Waals surface area contributed by atoms with Gasteiger partial charge in [-0.1, -0.05) is 17.8 Å². The van der Waals surface area contributed by atoms with Crippen LogP contribution in [0.1, 0.15) is 11.4 Å². The molecular weight excluding hydrogens is 293 g/mol. The molecule has 2 aromatic rings. The van der Waals surface area contributed by atoms with E-state index in [2.05, 4.69) is 15.5 Å². The number of rotatable bonds is 5. The molecule has 8 heteroatoms. The van der Waals surface area contributed by atoms with E-state index in [0.717, 1.165) is 5.56 Å². The number of halogens is 1. The van der Waals surface area contributed by atoms with Gasteiger partial charge < -0.3 is 15.6 Å². The summed E-state index contributed by atoms with van der Waals surface area (Å²) in [6, 6.07) is 4.27. The summed E-state index contributed by atoms with van der Waals surface area (Å²) in [5.41, 5.74) is 6.78. The molecule has 0 aliphatic carbocycles. The van der Waals surface area contributed by atoms with E-state index in [1.807, 2.05) is 0 Å². The third kappa shape index (κ3) is 3.79. The Balaban J connectivity index is 1.96. The van der Waals surface area contributed by atoms with Gasteiger partial charge in [0.2, 0.25) is 5.91 Å². The van der Waals surface area contributed by atoms with Gasteiger partial charge in [0, 0.05) is 12.7 Å². The van der Waals surface area contributed by atoms with Gasteiger partial charge in [-0.25, -0.2) is 4.39 Å². The number of hydrogen-bond donors (Lipinski definition) is 2. The van der Waals surface area contributed by atoms with Crippen LogP contribution in [0.5, 0.6) is 0 Å². The second-order valence-electron chi connectivity index (χ2n) is 4.46. The molecule has 1 amide bonds. The lowest BCUT2D eigenvalue weighted by Crippen LogP contribution is -2.15. The molecule has 0 aliphatic heterocycles. The molecule has 1 aromatic heterocycles. The highest BCUT2D eigenvalue weighted by molar-refractivity contribution is 7.99. The molecule has 0 unspecified atom stereocenters. The molecule has 0 saturated carbocycles. The van der Waals surface area contributed by atoms with E-state index in [9.17, 15) is 9.18 Å². The third-order valence-electron chi connectivity index (χ3n) is 2.91. The molecule has 0 spiro atoms. The molecule has 3 N–H and O–H groups in total. The summed E-state index contributed by atoms with van der Waals surface area (Å²) in [5.74, 6) is 0.196. The number of benzene rings is 1. The maximum Gasteiger partial charge on any atom is 0.234 e. The zero-order valence-corrected chi connectivity index (χ0v) is 12.6. The van der Waals surface area contributed by atoms with Crippen LogP contribution in [0.4, 0.5) is 10.1 Å². The van der Waals surface area contributed by atoms with Crippen LogP contribution in [-0.4, -0.2) is 26.4 Å². The fraction of sp³-hybridized carbons (Fsp3) is 0.308. The van der Waals surface area contributed by atoms with Crippen molar-refractivity contribution in [3.8, 4) is 0 Å². The number of amides is 1. The maximum absolute atomic E-state index is 13.2. The smallest absolute Gasteiger partial charge is 0.234 e. The SMILES string of the molecule is Cc1ccc(F)cc1NC(=O)CSc1nnc(CN)n1C. The van der Waals surface area contributed by atoms with Gasteiger partial charge in [0.1, 0.15) is 11.6 Å². The molecule has 0 saturated heterocycles. The fourth-order valence-electron chi connectivity index (χ4n) is 1.69. The lowest BCUT2D eigenvalue weighted by atomic mass is 10.2. The highest BCUT2D eigenvalue weighted by Crippen LogP contribution is 2.18. The third-order valence-corrected chi connectivity index (χ3v) is 3.93. The molecule has 112 valence electrons. The average Bonchev–Trinajstić information content (AvgIpc) is 2.81. The molecule has 21 heavy (non-hydrogen) atoms. The number of aromatic nitrogens is 3. The van der Waals surface area contributed by atoms with Crippen LogP contribution in [0.2, 0.25) is 0 Å². The molecule has 0 bridgehead atoms. The van der Waals surface area contributed by atoms with Crippen molar-refractivity contribution >= 4 is 23.4 Å². The van der Waals surface area contributed by atoms with E-state index in [0.29, 0.717) is 23.2 Å². The van der Waals surface area contributed by atoms with Gasteiger partial charge in [0.15, 0.2) is 5.16 Å². The summed E-state index contributed by atoms with van der Waals surface area (Å²) in [5, 5.41) is 11.2. The number of carbonyl (C=O) groups excluding carboxylic acids is 1. The predicted octanol–water partition coefficient (Wildman–Crippen LogP) is 1.45. The first-order valence-corrected chi connectivity index (χ1v) is 7.27. The monoisotopic (exact) mass is 309 g/mol. The van der Waals surface area contributed by atoms with E-state index < -0.39 is 0 Å². The highest BCUT2D eigenvalue weighted by Gasteiger charge is 2.11. The zero-order chi connectivity index (χ0) is 15.4. The molecule has 2 rings (SSSR count). The zero-order valence-electron chi connectivity index (χ0n) is 11.8. The number of carbonyl (C=O) groups is 1. The number of aryl methyl sites for hydroxylation is 1. The molecular formula is C13H16FN5OS. The maximum atomic E-state index is 13.2. The fourth-order valence-corrected chi connectivity index (χ4v) is 2.42. The number of thioether (sulfide) groups is 1. The Morgan fingerprint density at radius 3 is 2.90 bits per heavy atom. The second-order valence-corrected chi connectivity index (χ2v) is 5.40. The molecule has 6 nitrogen and oxygen atoms in total. The van der Waals surface area contributed by atoms with Crippen LogP contribution in [0.3, 0.4) is 0 Å². The van der Waals surface area contributed by atoms with Crippen molar-refractivity contribution in [2.75, 3.05) is 11.1 Å². The van der Waals surface area contributed by atoms with Crippen molar-refractivity contribution in [3.05, 3.63) is 35.4 Å². The predicted molar refractivity (Wildman–Crippen MR) is 79.4 cm³/mol. The van der Waals surface area contributed by atoms with E-state index >= 15 is 0 Å². The molecule has 0 fully saturated rings. The molecule has 1 aromatic carbocycles. The number of nitrogens with one attached hydrogen (secondary N) is 1. The van der Waals surface area contributed by atoms with Crippen LogP contribution >= 0.6 is 11.8 Å². The van der Waals surface area contributed by atoms with Gasteiger partial charge in [-0.2, -0.15) is 0 Å². The Morgan fingerprint density at radius 2 is 2.24 bits per heavy atom. The Morgan fingerprint density at radius 1 is 1.48 bits per heavy atom. The summed E-state index contributed by atoms with van der Waals surface area (Å²) in [6.07, 6.45) is 0. The Hall–Kier alpha value is -1.93. The van der Waals surface area contributed by atoms with Crippen molar-refractivity contribution in [1.29, 1.82) is 0 Å². The highest BCUT2D eigenvalue weighted by atomic mass is 32.2. The van der Waals surface area contributed by atoms with Gasteiger partial charge in [0.25, 0.3) is 0 Å². The summed E-state index contributed by atoms with van der Waals surface area (Å²) in [6.45, 7) is 2.09. The molecule has 1 heterocycles. The largest absolute Gasteiger partial charge is 0.325 e. The Labute approximate surface area is 125 Å². The Bertz CT molecular complexity index is 658. The van der Waals surface area contributed by atoms with Crippen LogP contribution in [0.25, 0.3) is 0 Å². The van der Waals surface area contributed by atoms with Crippen molar-refractivity contribution in [1.82, 2.24) is 14.8 Å². The summed E-state index contributed by atoms with van der Waals surface area (Å²) in [7, 11) is 1.79. The number of hydrogen-bond acceptors (Lipinski definition) is 5. The second kappa shape index (κ2) is 6.68. The molecule has 0 atom stereocenters. The number of nitrogens with zero attached hydrogens (tertiary/aromatic N) is 3. The van der Waals surface area contributed by atoms with Crippen molar-refractivity contribution < 1.29 is 9.18 Å². The quantitative estimate of drug-likeness (QED) is 0.817. The van der Waals surface area contributed by atoms with Crippen molar-refractivity contribution in [2.45, 2.75) is 18.6 Å². The lowest BCUT2D eigenvalue weighted by Gasteiger charge is -2.08. The number of nitrogens with two attached hydrogens (primary N) is 1. The first-order chi connectivity index (χ1) is 10.0. The van der Waals surface area contributed by atoms with E-state index in [4.69, 9.17) is 5.73 Å². The van der Waals surface area contributed by atoms with Gasteiger partial charge in [-0.3, -0.25) is 4.79 Å². The standard InChI is InChI=1S/C13H16FN5OS/c1-8-3-4-9(14)5-10(8)16-12(20)7-21-13-18-17-11(6-15)19(13)2/h3-5H,6-7,15H2,1-2H3,(H,16,20). The van der Waals surface area contributed by atoms with Gasteiger partial charge in [0.05, 0.1) is 12.3 Å². The normalized spacial score (nSPS) is 10.7. The van der Waals surface area contributed by atoms with Crippen LogP contribution in [0.15, 0.2) is 23.4 Å². The summed E-state index contributed by atoms with van der Waals surface area (Å²) in [4.78, 5) is 11.9. The first-order valence-electron chi connectivity index (χ1n) is 6.28.